The normalized spacial score (nSPS) is 10.2. The Kier molecular flexibility index (Phi) is 6.51. The average Bonchev–Trinajstić information content (AvgIpc) is 2.62. The molecule has 0 saturated heterocycles. The van der Waals surface area contributed by atoms with E-state index in [1.807, 2.05) is 42.5 Å². The number of hydrogen-bond acceptors (Lipinski definition) is 4. The van der Waals surface area contributed by atoms with E-state index in [1.54, 1.807) is 19.1 Å². The molecule has 0 saturated carbocycles. The summed E-state index contributed by atoms with van der Waals surface area (Å²) in [6.45, 7) is 2.71. The third-order valence-electron chi connectivity index (χ3n) is 3.57. The number of nitrogens with two attached hydrogens (primary N) is 1. The van der Waals surface area contributed by atoms with Crippen LogP contribution >= 0.6 is 0 Å². The fraction of sp³-hybridized carbons (Fsp3) is 0.263. The summed E-state index contributed by atoms with van der Waals surface area (Å²) < 4.78 is 4.98. The lowest BCUT2D eigenvalue weighted by molar-refractivity contribution is -0.143. The van der Waals surface area contributed by atoms with E-state index < -0.39 is 5.97 Å². The van der Waals surface area contributed by atoms with Gasteiger partial charge in [0.2, 0.25) is 0 Å². The highest BCUT2D eigenvalue weighted by Gasteiger charge is 2.20. The predicted molar refractivity (Wildman–Crippen MR) is 92.1 cm³/mol. The van der Waals surface area contributed by atoms with Crippen molar-refractivity contribution in [3.05, 3.63) is 71.3 Å². The van der Waals surface area contributed by atoms with Gasteiger partial charge in [0.25, 0.3) is 5.91 Å². The van der Waals surface area contributed by atoms with Crippen LogP contribution in [0.1, 0.15) is 28.4 Å². The minimum absolute atomic E-state index is 0.0831. The van der Waals surface area contributed by atoms with Crippen molar-refractivity contribution < 1.29 is 14.3 Å². The largest absolute Gasteiger partial charge is 0.465 e. The van der Waals surface area contributed by atoms with Gasteiger partial charge >= 0.3 is 5.97 Å². The highest BCUT2D eigenvalue weighted by Crippen LogP contribution is 2.12. The molecule has 2 aromatic rings. The molecule has 1 amide bonds. The van der Waals surface area contributed by atoms with Gasteiger partial charge in [-0.05, 0) is 30.2 Å². The van der Waals surface area contributed by atoms with Crippen LogP contribution in [0.25, 0.3) is 0 Å². The molecule has 24 heavy (non-hydrogen) atoms. The zero-order chi connectivity index (χ0) is 17.4. The summed E-state index contributed by atoms with van der Waals surface area (Å²) in [6.07, 6.45) is 0. The van der Waals surface area contributed by atoms with Crippen LogP contribution in [0, 0.1) is 0 Å². The maximum Gasteiger partial charge on any atom is 0.325 e. The van der Waals surface area contributed by atoms with Crippen molar-refractivity contribution in [2.45, 2.75) is 20.0 Å². The molecule has 2 N–H and O–H groups in total. The lowest BCUT2D eigenvalue weighted by Crippen LogP contribution is -2.36. The number of hydrogen-bond donors (Lipinski definition) is 1. The van der Waals surface area contributed by atoms with Gasteiger partial charge in [0.15, 0.2) is 0 Å². The fourth-order valence-corrected chi connectivity index (χ4v) is 2.33. The van der Waals surface area contributed by atoms with Crippen LogP contribution in [0.15, 0.2) is 54.6 Å². The number of nitrogens with zero attached hydrogens (tertiary/aromatic N) is 1. The summed E-state index contributed by atoms with van der Waals surface area (Å²) in [5, 5.41) is 0. The van der Waals surface area contributed by atoms with E-state index in [9.17, 15) is 9.59 Å². The topological polar surface area (TPSA) is 72.6 Å². The van der Waals surface area contributed by atoms with Crippen LogP contribution < -0.4 is 5.73 Å². The summed E-state index contributed by atoms with van der Waals surface area (Å²) >= 11 is 0. The number of amides is 1. The Morgan fingerprint density at radius 1 is 1.00 bits per heavy atom. The first-order valence-corrected chi connectivity index (χ1v) is 7.92. The van der Waals surface area contributed by atoms with Crippen molar-refractivity contribution in [3.8, 4) is 0 Å². The molecule has 0 aliphatic carbocycles. The molecule has 5 nitrogen and oxygen atoms in total. The second-order valence-corrected chi connectivity index (χ2v) is 5.35. The second-order valence-electron chi connectivity index (χ2n) is 5.35. The summed E-state index contributed by atoms with van der Waals surface area (Å²) in [4.78, 5) is 26.1. The Labute approximate surface area is 142 Å². The SMILES string of the molecule is CCOC(=O)CN(Cc1ccccc1)C(=O)c1ccc(CN)cc1. The molecule has 0 fully saturated rings. The third-order valence-corrected chi connectivity index (χ3v) is 3.57. The molecule has 2 rings (SSSR count). The van der Waals surface area contributed by atoms with Crippen LogP contribution in [0.2, 0.25) is 0 Å². The van der Waals surface area contributed by atoms with Crippen molar-refractivity contribution in [2.75, 3.05) is 13.2 Å². The number of esters is 1. The smallest absolute Gasteiger partial charge is 0.325 e. The summed E-state index contributed by atoms with van der Waals surface area (Å²) in [5.74, 6) is -0.629. The molecule has 2 aromatic carbocycles. The Balaban J connectivity index is 2.19. The Morgan fingerprint density at radius 2 is 1.67 bits per heavy atom. The number of benzene rings is 2. The molecular weight excluding hydrogens is 304 g/mol. The van der Waals surface area contributed by atoms with Gasteiger partial charge in [0.1, 0.15) is 6.54 Å². The number of carbonyl (C=O) groups excluding carboxylic acids is 2. The van der Waals surface area contributed by atoms with Crippen LogP contribution in [-0.2, 0) is 22.6 Å². The molecule has 5 heteroatoms. The molecule has 0 aliphatic heterocycles. The van der Waals surface area contributed by atoms with Crippen molar-refractivity contribution in [1.29, 1.82) is 0 Å². The zero-order valence-electron chi connectivity index (χ0n) is 13.8. The van der Waals surface area contributed by atoms with Crippen molar-refractivity contribution in [3.63, 3.8) is 0 Å². The lowest BCUT2D eigenvalue weighted by Gasteiger charge is -2.22. The van der Waals surface area contributed by atoms with Crippen molar-refractivity contribution in [2.24, 2.45) is 5.73 Å². The van der Waals surface area contributed by atoms with E-state index in [2.05, 4.69) is 0 Å². The van der Waals surface area contributed by atoms with Crippen LogP contribution in [0.3, 0.4) is 0 Å². The summed E-state index contributed by atoms with van der Waals surface area (Å²) in [5.41, 5.74) is 8.00. The van der Waals surface area contributed by atoms with Gasteiger partial charge in [-0.1, -0.05) is 42.5 Å². The zero-order valence-corrected chi connectivity index (χ0v) is 13.8. The van der Waals surface area contributed by atoms with Gasteiger partial charge < -0.3 is 15.4 Å². The average molecular weight is 326 g/mol. The number of carbonyl (C=O) groups is 2. The van der Waals surface area contributed by atoms with E-state index in [1.165, 1.54) is 4.90 Å². The van der Waals surface area contributed by atoms with Crippen molar-refractivity contribution in [1.82, 2.24) is 4.90 Å². The van der Waals surface area contributed by atoms with E-state index in [0.29, 0.717) is 18.7 Å². The molecule has 126 valence electrons. The fourth-order valence-electron chi connectivity index (χ4n) is 2.33. The van der Waals surface area contributed by atoms with Gasteiger partial charge in [-0.25, -0.2) is 0 Å². The van der Waals surface area contributed by atoms with Gasteiger partial charge in [-0.15, -0.1) is 0 Å². The van der Waals surface area contributed by atoms with Gasteiger partial charge in [0, 0.05) is 18.7 Å². The summed E-state index contributed by atoms with van der Waals surface area (Å²) in [6, 6.07) is 16.6. The molecule has 0 aromatic heterocycles. The maximum absolute atomic E-state index is 12.8. The minimum atomic E-state index is -0.416. The van der Waals surface area contributed by atoms with Gasteiger partial charge in [0.05, 0.1) is 6.61 Å². The molecule has 0 unspecified atom stereocenters. The van der Waals surface area contributed by atoms with Crippen LogP contribution in [0.5, 0.6) is 0 Å². The first-order valence-electron chi connectivity index (χ1n) is 7.92. The molecular formula is C19H22N2O3. The highest BCUT2D eigenvalue weighted by molar-refractivity contribution is 5.96. The van der Waals surface area contributed by atoms with E-state index in [0.717, 1.165) is 11.1 Å². The van der Waals surface area contributed by atoms with E-state index in [-0.39, 0.29) is 19.1 Å². The monoisotopic (exact) mass is 326 g/mol. The Bertz CT molecular complexity index is 669. The molecule has 0 heterocycles. The number of ether oxygens (including phenoxy) is 1. The quantitative estimate of drug-likeness (QED) is 0.793. The van der Waals surface area contributed by atoms with E-state index >= 15 is 0 Å². The Morgan fingerprint density at radius 3 is 2.25 bits per heavy atom. The standard InChI is InChI=1S/C19H22N2O3/c1-2-24-18(22)14-21(13-16-6-4-3-5-7-16)19(23)17-10-8-15(12-20)9-11-17/h3-11H,2,12-14,20H2,1H3. The first-order chi connectivity index (χ1) is 11.6. The first kappa shape index (κ1) is 17.7. The molecule has 0 atom stereocenters. The molecule has 0 bridgehead atoms. The van der Waals surface area contributed by atoms with Crippen LogP contribution in [-0.4, -0.2) is 29.9 Å². The lowest BCUT2D eigenvalue weighted by atomic mass is 10.1. The third kappa shape index (κ3) is 4.93. The Hall–Kier alpha value is -2.66. The second kappa shape index (κ2) is 8.84. The van der Waals surface area contributed by atoms with Gasteiger partial charge in [-0.2, -0.15) is 0 Å². The minimum Gasteiger partial charge on any atom is -0.465 e. The summed E-state index contributed by atoms with van der Waals surface area (Å²) in [7, 11) is 0. The molecule has 0 aliphatic rings. The van der Waals surface area contributed by atoms with Crippen molar-refractivity contribution >= 4 is 11.9 Å². The molecule has 0 spiro atoms. The maximum atomic E-state index is 12.8. The number of rotatable bonds is 7. The van der Waals surface area contributed by atoms with Gasteiger partial charge in [-0.3, -0.25) is 9.59 Å². The van der Waals surface area contributed by atoms with E-state index in [4.69, 9.17) is 10.5 Å². The van der Waals surface area contributed by atoms with Crippen LogP contribution in [0.4, 0.5) is 0 Å². The highest BCUT2D eigenvalue weighted by atomic mass is 16.5. The molecule has 0 radical (unpaired) electrons. The predicted octanol–water partition coefficient (Wildman–Crippen LogP) is 2.35.